The van der Waals surface area contributed by atoms with Crippen molar-refractivity contribution in [2.24, 2.45) is 0 Å². The third-order valence-electron chi connectivity index (χ3n) is 3.37. The number of ketones is 1. The van der Waals surface area contributed by atoms with E-state index < -0.39 is 0 Å². The summed E-state index contributed by atoms with van der Waals surface area (Å²) < 4.78 is 0. The topological polar surface area (TPSA) is 41.1 Å². The molecule has 1 aliphatic heterocycles. The van der Waals surface area contributed by atoms with Gasteiger partial charge in [0.25, 0.3) is 0 Å². The van der Waals surface area contributed by atoms with Crippen molar-refractivity contribution >= 4 is 5.78 Å². The van der Waals surface area contributed by atoms with Gasteiger partial charge in [0.05, 0.1) is 6.04 Å². The molecule has 0 aromatic heterocycles. The third kappa shape index (κ3) is 3.93. The highest BCUT2D eigenvalue weighted by atomic mass is 16.1. The first-order valence-electron chi connectivity index (χ1n) is 7.09. The molecule has 0 spiro atoms. The number of hydrogen-bond acceptors (Lipinski definition) is 3. The molecule has 0 radical (unpaired) electrons. The maximum absolute atomic E-state index is 12.3. The number of unbranched alkanes of at least 4 members (excludes halogenated alkanes) is 1. The molecule has 0 aromatic rings. The Bertz CT molecular complexity index is 444. The Morgan fingerprint density at radius 3 is 3.00 bits per heavy atom. The van der Waals surface area contributed by atoms with E-state index in [1.807, 2.05) is 36.5 Å². The average molecular weight is 258 g/mol. The van der Waals surface area contributed by atoms with Crippen molar-refractivity contribution in [2.45, 2.75) is 32.2 Å². The molecule has 2 N–H and O–H groups in total. The fourth-order valence-corrected chi connectivity index (χ4v) is 2.34. The van der Waals surface area contributed by atoms with Crippen LogP contribution in [0.1, 0.15) is 26.2 Å². The van der Waals surface area contributed by atoms with Crippen molar-refractivity contribution in [1.29, 1.82) is 0 Å². The fourth-order valence-electron chi connectivity index (χ4n) is 2.34. The monoisotopic (exact) mass is 258 g/mol. The molecule has 2 bridgehead atoms. The van der Waals surface area contributed by atoms with E-state index in [9.17, 15) is 4.79 Å². The molecule has 1 aliphatic carbocycles. The largest absolute Gasteiger partial charge is 0.375 e. The maximum atomic E-state index is 12.3. The van der Waals surface area contributed by atoms with Gasteiger partial charge in [-0.25, -0.2) is 0 Å². The SMILES string of the molecule is CCNCCCCC1NC2=CC(=C/C=C\C=C/2)\C1=O. The number of carbonyl (C=O) groups excluding carboxylic acids is 1. The van der Waals surface area contributed by atoms with E-state index in [1.165, 1.54) is 0 Å². The van der Waals surface area contributed by atoms with Crippen molar-refractivity contribution in [1.82, 2.24) is 10.6 Å². The second-order valence-corrected chi connectivity index (χ2v) is 4.88. The number of fused-ring (bicyclic) bond motifs is 1. The van der Waals surface area contributed by atoms with E-state index in [1.54, 1.807) is 0 Å². The zero-order valence-corrected chi connectivity index (χ0v) is 11.5. The molecule has 0 amide bonds. The molecule has 0 fully saturated rings. The minimum absolute atomic E-state index is 0.0657. The van der Waals surface area contributed by atoms with E-state index in [2.05, 4.69) is 17.6 Å². The molecule has 102 valence electrons. The lowest BCUT2D eigenvalue weighted by Gasteiger charge is -2.25. The van der Waals surface area contributed by atoms with Crippen molar-refractivity contribution in [3.8, 4) is 0 Å². The molecule has 1 atom stereocenters. The van der Waals surface area contributed by atoms with Crippen LogP contribution in [-0.2, 0) is 4.79 Å². The van der Waals surface area contributed by atoms with Gasteiger partial charge in [-0.15, -0.1) is 0 Å². The Morgan fingerprint density at radius 2 is 2.16 bits per heavy atom. The summed E-state index contributed by atoms with van der Waals surface area (Å²) in [5, 5.41) is 6.63. The smallest absolute Gasteiger partial charge is 0.185 e. The van der Waals surface area contributed by atoms with Crippen LogP contribution >= 0.6 is 0 Å². The van der Waals surface area contributed by atoms with Gasteiger partial charge < -0.3 is 10.6 Å². The molecule has 0 aromatic carbocycles. The van der Waals surface area contributed by atoms with Gasteiger partial charge in [0.2, 0.25) is 0 Å². The Morgan fingerprint density at radius 1 is 1.26 bits per heavy atom. The van der Waals surface area contributed by atoms with Crippen LogP contribution in [0.15, 0.2) is 47.7 Å². The molecule has 2 rings (SSSR count). The first kappa shape index (κ1) is 13.8. The molecular weight excluding hydrogens is 236 g/mol. The van der Waals surface area contributed by atoms with Gasteiger partial charge in [0, 0.05) is 11.3 Å². The van der Waals surface area contributed by atoms with Gasteiger partial charge in [-0.1, -0.05) is 31.2 Å². The highest BCUT2D eigenvalue weighted by Crippen LogP contribution is 2.18. The number of rotatable bonds is 6. The number of carbonyl (C=O) groups is 1. The summed E-state index contributed by atoms with van der Waals surface area (Å²) in [5.41, 5.74) is 1.85. The maximum Gasteiger partial charge on any atom is 0.185 e. The Labute approximate surface area is 115 Å². The van der Waals surface area contributed by atoms with Crippen LogP contribution in [0, 0.1) is 0 Å². The summed E-state index contributed by atoms with van der Waals surface area (Å²) >= 11 is 0. The fraction of sp³-hybridized carbons (Fsp3) is 0.438. The second-order valence-electron chi connectivity index (χ2n) is 4.88. The third-order valence-corrected chi connectivity index (χ3v) is 3.37. The van der Waals surface area contributed by atoms with Crippen LogP contribution < -0.4 is 10.6 Å². The van der Waals surface area contributed by atoms with Gasteiger partial charge in [0.1, 0.15) is 0 Å². The highest BCUT2D eigenvalue weighted by molar-refractivity contribution is 6.03. The lowest BCUT2D eigenvalue weighted by atomic mass is 9.93. The molecular formula is C16H22N2O. The van der Waals surface area contributed by atoms with Crippen molar-refractivity contribution in [3.63, 3.8) is 0 Å². The van der Waals surface area contributed by atoms with E-state index in [0.717, 1.165) is 43.6 Å². The van der Waals surface area contributed by atoms with Gasteiger partial charge in [0.15, 0.2) is 5.78 Å². The van der Waals surface area contributed by atoms with Crippen molar-refractivity contribution < 1.29 is 4.79 Å². The second kappa shape index (κ2) is 7.10. The molecule has 0 saturated carbocycles. The summed E-state index contributed by atoms with van der Waals surface area (Å²) in [5.74, 6) is 0.215. The summed E-state index contributed by atoms with van der Waals surface area (Å²) in [4.78, 5) is 12.3. The molecule has 3 heteroatoms. The van der Waals surface area contributed by atoms with Gasteiger partial charge in [-0.05, 0) is 44.5 Å². The minimum Gasteiger partial charge on any atom is -0.375 e. The first-order chi connectivity index (χ1) is 9.31. The van der Waals surface area contributed by atoms with Crippen LogP contribution in [-0.4, -0.2) is 24.9 Å². The number of nitrogens with one attached hydrogen (secondary N) is 2. The highest BCUT2D eigenvalue weighted by Gasteiger charge is 2.25. The quantitative estimate of drug-likeness (QED) is 0.718. The van der Waals surface area contributed by atoms with Crippen LogP contribution in [0.25, 0.3) is 0 Å². The van der Waals surface area contributed by atoms with Crippen LogP contribution in [0.2, 0.25) is 0 Å². The number of hydrogen-bond donors (Lipinski definition) is 2. The Balaban J connectivity index is 1.91. The molecule has 1 unspecified atom stereocenters. The lowest BCUT2D eigenvalue weighted by molar-refractivity contribution is -0.117. The van der Waals surface area contributed by atoms with Gasteiger partial charge in [-0.3, -0.25) is 4.79 Å². The Kier molecular flexibility index (Phi) is 5.16. The number of allylic oxidation sites excluding steroid dienone is 6. The van der Waals surface area contributed by atoms with Crippen molar-refractivity contribution in [2.75, 3.05) is 13.1 Å². The van der Waals surface area contributed by atoms with E-state index in [0.29, 0.717) is 0 Å². The minimum atomic E-state index is -0.0657. The summed E-state index contributed by atoms with van der Waals surface area (Å²) in [6.07, 6.45) is 14.8. The average Bonchev–Trinajstić information content (AvgIpc) is 2.38. The van der Waals surface area contributed by atoms with Crippen molar-refractivity contribution in [3.05, 3.63) is 47.7 Å². The summed E-state index contributed by atoms with van der Waals surface area (Å²) in [7, 11) is 0. The van der Waals surface area contributed by atoms with Crippen LogP contribution in [0.5, 0.6) is 0 Å². The van der Waals surface area contributed by atoms with Gasteiger partial charge >= 0.3 is 0 Å². The van der Waals surface area contributed by atoms with E-state index in [4.69, 9.17) is 0 Å². The molecule has 1 heterocycles. The first-order valence-corrected chi connectivity index (χ1v) is 7.09. The number of Topliss-reactive ketones (excluding diaryl/α,β-unsaturated/α-hetero) is 1. The molecule has 3 nitrogen and oxygen atoms in total. The zero-order chi connectivity index (χ0) is 13.5. The summed E-state index contributed by atoms with van der Waals surface area (Å²) in [6, 6.07) is -0.0657. The van der Waals surface area contributed by atoms with Crippen LogP contribution in [0.3, 0.4) is 0 Å². The molecule has 0 saturated heterocycles. The lowest BCUT2D eigenvalue weighted by Crippen LogP contribution is -2.40. The van der Waals surface area contributed by atoms with Crippen LogP contribution in [0.4, 0.5) is 0 Å². The Hall–Kier alpha value is -1.61. The zero-order valence-electron chi connectivity index (χ0n) is 11.5. The van der Waals surface area contributed by atoms with E-state index >= 15 is 0 Å². The molecule has 19 heavy (non-hydrogen) atoms. The predicted molar refractivity (Wildman–Crippen MR) is 78.8 cm³/mol. The standard InChI is InChI=1S/C16H22N2O/c1-2-17-11-7-6-10-15-16(19)13-8-4-3-5-9-14(12-13)18-15/h3-5,8-9,12,15,17-18H,2,6-7,10-11H2,1H3/b4-3-,5-3?,8-4?,9-5-,13-8+,14-9?. The summed E-state index contributed by atoms with van der Waals surface area (Å²) in [6.45, 7) is 4.15. The predicted octanol–water partition coefficient (Wildman–Crippen LogP) is 2.24. The normalized spacial score (nSPS) is 27.4. The van der Waals surface area contributed by atoms with Gasteiger partial charge in [-0.2, -0.15) is 0 Å². The molecule has 2 aliphatic rings. The van der Waals surface area contributed by atoms with E-state index in [-0.39, 0.29) is 11.8 Å².